The molecule has 1 aliphatic carbocycles. The molecule has 0 atom stereocenters. The first-order chi connectivity index (χ1) is 7.34. The first-order valence-electron chi connectivity index (χ1n) is 5.13. The van der Waals surface area contributed by atoms with Crippen LogP contribution in [0.15, 0.2) is 17.6 Å². The fraction of sp³-hybridized carbons (Fsp3) is 0.364. The maximum absolute atomic E-state index is 6.01. The van der Waals surface area contributed by atoms with Crippen molar-refractivity contribution in [3.05, 3.63) is 17.6 Å². The van der Waals surface area contributed by atoms with Crippen LogP contribution in [0.1, 0.15) is 19.3 Å². The van der Waals surface area contributed by atoms with Crippen LogP contribution in [-0.2, 0) is 0 Å². The van der Waals surface area contributed by atoms with Crippen LogP contribution in [0, 0.1) is 0 Å². The van der Waals surface area contributed by atoms with Gasteiger partial charge in [0.05, 0.1) is 16.3 Å². The van der Waals surface area contributed by atoms with Crippen molar-refractivity contribution in [2.45, 2.75) is 25.4 Å². The minimum Gasteiger partial charge on any atom is -0.488 e. The van der Waals surface area contributed by atoms with E-state index in [1.807, 2.05) is 17.6 Å². The van der Waals surface area contributed by atoms with E-state index < -0.39 is 0 Å². The van der Waals surface area contributed by atoms with Crippen LogP contribution < -0.4 is 10.5 Å². The van der Waals surface area contributed by atoms with E-state index in [2.05, 4.69) is 4.98 Å². The molecule has 15 heavy (non-hydrogen) atoms. The number of aromatic nitrogens is 1. The van der Waals surface area contributed by atoms with Gasteiger partial charge in [-0.3, -0.25) is 0 Å². The second-order valence-corrected chi connectivity index (χ2v) is 4.73. The number of ether oxygens (including phenoxy) is 1. The van der Waals surface area contributed by atoms with Crippen LogP contribution >= 0.6 is 11.3 Å². The Balaban J connectivity index is 1.98. The molecular formula is C11H12N2OS. The number of fused-ring (bicyclic) bond motifs is 1. The first kappa shape index (κ1) is 8.97. The fourth-order valence-corrected chi connectivity index (χ4v) is 2.40. The maximum Gasteiger partial charge on any atom is 0.144 e. The Hall–Kier alpha value is -1.29. The topological polar surface area (TPSA) is 48.1 Å². The molecule has 4 heteroatoms. The molecule has 1 heterocycles. The molecule has 78 valence electrons. The highest BCUT2D eigenvalue weighted by molar-refractivity contribution is 7.16. The van der Waals surface area contributed by atoms with E-state index in [0.29, 0.717) is 11.8 Å². The molecule has 1 aliphatic rings. The van der Waals surface area contributed by atoms with Crippen molar-refractivity contribution in [3.63, 3.8) is 0 Å². The molecule has 1 aromatic heterocycles. The molecule has 3 rings (SSSR count). The highest BCUT2D eigenvalue weighted by Gasteiger charge is 2.20. The predicted octanol–water partition coefficient (Wildman–Crippen LogP) is 2.81. The van der Waals surface area contributed by atoms with E-state index in [9.17, 15) is 0 Å². The summed E-state index contributed by atoms with van der Waals surface area (Å²) in [7, 11) is 0. The zero-order valence-corrected chi connectivity index (χ0v) is 9.09. The van der Waals surface area contributed by atoms with Gasteiger partial charge in [0.15, 0.2) is 0 Å². The quantitative estimate of drug-likeness (QED) is 0.792. The second kappa shape index (κ2) is 3.38. The summed E-state index contributed by atoms with van der Waals surface area (Å²) in [5, 5.41) is 0. The van der Waals surface area contributed by atoms with Crippen LogP contribution in [-0.4, -0.2) is 11.1 Å². The monoisotopic (exact) mass is 220 g/mol. The molecule has 0 radical (unpaired) electrons. The molecule has 1 fully saturated rings. The first-order valence-corrected chi connectivity index (χ1v) is 6.01. The van der Waals surface area contributed by atoms with E-state index in [0.717, 1.165) is 28.8 Å². The summed E-state index contributed by atoms with van der Waals surface area (Å²) in [4.78, 5) is 4.24. The molecule has 0 saturated heterocycles. The molecular weight excluding hydrogens is 208 g/mol. The maximum atomic E-state index is 6.01. The Kier molecular flexibility index (Phi) is 2.02. The molecule has 2 aromatic rings. The zero-order valence-electron chi connectivity index (χ0n) is 8.27. The molecule has 0 amide bonds. The minimum atomic E-state index is 0.364. The van der Waals surface area contributed by atoms with E-state index in [1.165, 1.54) is 6.42 Å². The number of nitrogens with two attached hydrogens (primary N) is 1. The number of nitrogens with zero attached hydrogens (tertiary/aromatic N) is 1. The van der Waals surface area contributed by atoms with Crippen LogP contribution in [0.5, 0.6) is 5.75 Å². The zero-order chi connectivity index (χ0) is 10.3. The summed E-state index contributed by atoms with van der Waals surface area (Å²) in [5.74, 6) is 0.790. The fourth-order valence-electron chi connectivity index (χ4n) is 1.70. The van der Waals surface area contributed by atoms with Gasteiger partial charge in [-0.2, -0.15) is 0 Å². The highest BCUT2D eigenvalue weighted by Crippen LogP contribution is 2.34. The Labute approximate surface area is 91.9 Å². The molecule has 0 spiro atoms. The lowest BCUT2D eigenvalue weighted by molar-refractivity contribution is 0.121. The van der Waals surface area contributed by atoms with Crippen LogP contribution in [0.25, 0.3) is 10.2 Å². The van der Waals surface area contributed by atoms with Gasteiger partial charge in [0.25, 0.3) is 0 Å². The van der Waals surface area contributed by atoms with Gasteiger partial charge >= 0.3 is 0 Å². The Morgan fingerprint density at radius 2 is 2.27 bits per heavy atom. The number of thiazole rings is 1. The standard InChI is InChI=1S/C11H12N2OS/c12-10-8(14-7-2-1-3-7)4-5-9-11(10)13-6-15-9/h4-7H,1-3,12H2. The van der Waals surface area contributed by atoms with Gasteiger partial charge in [0, 0.05) is 0 Å². The number of anilines is 1. The molecule has 2 N–H and O–H groups in total. The molecule has 1 aromatic carbocycles. The lowest BCUT2D eigenvalue weighted by atomic mass is 9.96. The third-order valence-electron chi connectivity index (χ3n) is 2.85. The summed E-state index contributed by atoms with van der Waals surface area (Å²) >= 11 is 1.60. The third kappa shape index (κ3) is 1.45. The summed E-state index contributed by atoms with van der Waals surface area (Å²) in [5.41, 5.74) is 9.38. The van der Waals surface area contributed by atoms with Gasteiger partial charge in [-0.1, -0.05) is 0 Å². The van der Waals surface area contributed by atoms with Crippen LogP contribution in [0.4, 0.5) is 5.69 Å². The summed E-state index contributed by atoms with van der Waals surface area (Å²) in [6.07, 6.45) is 3.93. The number of rotatable bonds is 2. The van der Waals surface area contributed by atoms with E-state index in [4.69, 9.17) is 10.5 Å². The Bertz CT molecular complexity index is 490. The molecule has 0 bridgehead atoms. The summed E-state index contributed by atoms with van der Waals surface area (Å²) in [6, 6.07) is 3.98. The smallest absolute Gasteiger partial charge is 0.144 e. The number of hydrogen-bond acceptors (Lipinski definition) is 4. The second-order valence-electron chi connectivity index (χ2n) is 3.85. The molecule has 0 unspecified atom stereocenters. The van der Waals surface area contributed by atoms with Gasteiger partial charge in [-0.25, -0.2) is 4.98 Å². The lowest BCUT2D eigenvalue weighted by Gasteiger charge is -2.26. The predicted molar refractivity (Wildman–Crippen MR) is 62.3 cm³/mol. The van der Waals surface area contributed by atoms with Crippen LogP contribution in [0.2, 0.25) is 0 Å². The van der Waals surface area contributed by atoms with Gasteiger partial charge < -0.3 is 10.5 Å². The van der Waals surface area contributed by atoms with Gasteiger partial charge in [0.2, 0.25) is 0 Å². The highest BCUT2D eigenvalue weighted by atomic mass is 32.1. The molecule has 1 saturated carbocycles. The summed E-state index contributed by atoms with van der Waals surface area (Å²) < 4.78 is 6.92. The van der Waals surface area contributed by atoms with Gasteiger partial charge in [-0.15, -0.1) is 11.3 Å². The van der Waals surface area contributed by atoms with Crippen molar-refractivity contribution < 1.29 is 4.74 Å². The summed E-state index contributed by atoms with van der Waals surface area (Å²) in [6.45, 7) is 0. The number of hydrogen-bond donors (Lipinski definition) is 1. The van der Waals surface area contributed by atoms with Crippen molar-refractivity contribution in [2.24, 2.45) is 0 Å². The van der Waals surface area contributed by atoms with Crippen molar-refractivity contribution in [1.82, 2.24) is 4.98 Å². The van der Waals surface area contributed by atoms with Gasteiger partial charge in [-0.05, 0) is 31.4 Å². The van der Waals surface area contributed by atoms with Crippen molar-refractivity contribution in [3.8, 4) is 5.75 Å². The average Bonchev–Trinajstić information content (AvgIpc) is 2.62. The normalized spacial score (nSPS) is 16.5. The largest absolute Gasteiger partial charge is 0.488 e. The SMILES string of the molecule is Nc1c(OC2CCC2)ccc2scnc12. The Morgan fingerprint density at radius 3 is 3.00 bits per heavy atom. The Morgan fingerprint density at radius 1 is 1.40 bits per heavy atom. The van der Waals surface area contributed by atoms with Crippen molar-refractivity contribution in [2.75, 3.05) is 5.73 Å². The molecule has 0 aliphatic heterocycles. The van der Waals surface area contributed by atoms with Crippen molar-refractivity contribution in [1.29, 1.82) is 0 Å². The number of benzene rings is 1. The van der Waals surface area contributed by atoms with E-state index in [-0.39, 0.29) is 0 Å². The average molecular weight is 220 g/mol. The van der Waals surface area contributed by atoms with Crippen molar-refractivity contribution >= 4 is 27.2 Å². The number of nitrogen functional groups attached to an aromatic ring is 1. The molecule has 3 nitrogen and oxygen atoms in total. The van der Waals surface area contributed by atoms with E-state index in [1.54, 1.807) is 11.3 Å². The van der Waals surface area contributed by atoms with E-state index >= 15 is 0 Å². The lowest BCUT2D eigenvalue weighted by Crippen LogP contribution is -2.24. The third-order valence-corrected chi connectivity index (χ3v) is 3.64. The minimum absolute atomic E-state index is 0.364. The van der Waals surface area contributed by atoms with Gasteiger partial charge in [0.1, 0.15) is 17.0 Å². The van der Waals surface area contributed by atoms with Crippen LogP contribution in [0.3, 0.4) is 0 Å².